The van der Waals surface area contributed by atoms with Crippen molar-refractivity contribution < 1.29 is 0 Å². The third-order valence-electron chi connectivity index (χ3n) is 3.93. The van der Waals surface area contributed by atoms with Crippen molar-refractivity contribution >= 4 is 17.5 Å². The lowest BCUT2D eigenvalue weighted by molar-refractivity contribution is 0.851. The van der Waals surface area contributed by atoms with Gasteiger partial charge in [0.1, 0.15) is 11.9 Å². The predicted molar refractivity (Wildman–Crippen MR) is 104 cm³/mol. The summed E-state index contributed by atoms with van der Waals surface area (Å²) in [5.41, 5.74) is 3.52. The molecule has 5 heteroatoms. The summed E-state index contributed by atoms with van der Waals surface area (Å²) >= 11 is 0. The minimum absolute atomic E-state index is 0.584. The molecule has 0 spiro atoms. The highest BCUT2D eigenvalue weighted by molar-refractivity contribution is 5.65. The Bertz CT molecular complexity index is 900. The van der Waals surface area contributed by atoms with E-state index in [2.05, 4.69) is 50.9 Å². The summed E-state index contributed by atoms with van der Waals surface area (Å²) in [7, 11) is 0. The van der Waals surface area contributed by atoms with Gasteiger partial charge in [-0.2, -0.15) is 10.2 Å². The van der Waals surface area contributed by atoms with Gasteiger partial charge < -0.3 is 10.6 Å². The first-order valence-corrected chi connectivity index (χ1v) is 8.64. The summed E-state index contributed by atoms with van der Waals surface area (Å²) in [6.07, 6.45) is 2.02. The molecule has 0 amide bonds. The summed E-state index contributed by atoms with van der Waals surface area (Å²) in [6.45, 7) is 2.73. The molecule has 0 radical (unpaired) electrons. The Morgan fingerprint density at radius 3 is 2.58 bits per heavy atom. The van der Waals surface area contributed by atoms with Gasteiger partial charge in [-0.05, 0) is 37.5 Å². The fourth-order valence-electron chi connectivity index (χ4n) is 2.68. The molecule has 2 N–H and O–H groups in total. The van der Waals surface area contributed by atoms with Gasteiger partial charge >= 0.3 is 0 Å². The van der Waals surface area contributed by atoms with Gasteiger partial charge in [0, 0.05) is 18.3 Å². The Hall–Kier alpha value is -3.39. The molecule has 0 aliphatic heterocycles. The highest BCUT2D eigenvalue weighted by atomic mass is 15.1. The van der Waals surface area contributed by atoms with Gasteiger partial charge in [-0.15, -0.1) is 0 Å². The van der Waals surface area contributed by atoms with Crippen LogP contribution in [-0.2, 0) is 6.42 Å². The second kappa shape index (κ2) is 8.63. The zero-order chi connectivity index (χ0) is 18.2. The average molecular weight is 343 g/mol. The number of nitriles is 1. The minimum atomic E-state index is 0.584. The third kappa shape index (κ3) is 4.81. The van der Waals surface area contributed by atoms with Gasteiger partial charge in [0.15, 0.2) is 0 Å². The molecule has 130 valence electrons. The third-order valence-corrected chi connectivity index (χ3v) is 3.93. The number of aryl methyl sites for hydroxylation is 2. The molecular formula is C21H21N5. The van der Waals surface area contributed by atoms with E-state index >= 15 is 0 Å². The van der Waals surface area contributed by atoms with Crippen LogP contribution >= 0.6 is 0 Å². The monoisotopic (exact) mass is 343 g/mol. The lowest BCUT2D eigenvalue weighted by atomic mass is 10.1. The highest BCUT2D eigenvalue weighted by Crippen LogP contribution is 2.20. The second-order valence-electron chi connectivity index (χ2n) is 6.02. The maximum Gasteiger partial charge on any atom is 0.224 e. The first-order chi connectivity index (χ1) is 12.7. The molecule has 1 aromatic heterocycles. The molecule has 0 saturated heterocycles. The van der Waals surface area contributed by atoms with Crippen LogP contribution in [0, 0.1) is 18.3 Å². The van der Waals surface area contributed by atoms with E-state index in [9.17, 15) is 5.26 Å². The Labute approximate surface area is 153 Å². The number of benzene rings is 2. The van der Waals surface area contributed by atoms with Crippen molar-refractivity contribution in [1.29, 1.82) is 5.26 Å². The van der Waals surface area contributed by atoms with Crippen molar-refractivity contribution in [2.45, 2.75) is 19.8 Å². The molecule has 0 atom stereocenters. The number of rotatable bonds is 7. The largest absolute Gasteiger partial charge is 0.354 e. The molecule has 2 aromatic carbocycles. The van der Waals surface area contributed by atoms with Gasteiger partial charge in [0.2, 0.25) is 5.95 Å². The molecule has 0 fully saturated rings. The minimum Gasteiger partial charge on any atom is -0.354 e. The Balaban J connectivity index is 1.61. The van der Waals surface area contributed by atoms with Gasteiger partial charge in [-0.1, -0.05) is 42.5 Å². The normalized spacial score (nSPS) is 10.2. The van der Waals surface area contributed by atoms with E-state index in [1.165, 1.54) is 5.56 Å². The standard InChI is InChI=1S/C21H21N5/c1-16-14-20(25-19-12-6-5-11-18(19)15-22)26-21(24-16)23-13-7-10-17-8-3-2-4-9-17/h2-6,8-9,11-12,14H,7,10,13H2,1H3,(H2,23,24,25,26). The Morgan fingerprint density at radius 1 is 1.00 bits per heavy atom. The summed E-state index contributed by atoms with van der Waals surface area (Å²) in [4.78, 5) is 8.94. The topological polar surface area (TPSA) is 73.6 Å². The summed E-state index contributed by atoms with van der Waals surface area (Å²) in [5, 5.41) is 15.7. The van der Waals surface area contributed by atoms with E-state index in [0.29, 0.717) is 17.3 Å². The van der Waals surface area contributed by atoms with Gasteiger partial charge in [-0.3, -0.25) is 0 Å². The Morgan fingerprint density at radius 2 is 1.77 bits per heavy atom. The smallest absolute Gasteiger partial charge is 0.224 e. The van der Waals surface area contributed by atoms with Crippen LogP contribution in [0.2, 0.25) is 0 Å². The van der Waals surface area contributed by atoms with Crippen molar-refractivity contribution in [3.05, 3.63) is 77.5 Å². The molecule has 0 aliphatic carbocycles. The van der Waals surface area contributed by atoms with Crippen molar-refractivity contribution in [2.24, 2.45) is 0 Å². The van der Waals surface area contributed by atoms with Crippen LogP contribution in [0.4, 0.5) is 17.5 Å². The molecular weight excluding hydrogens is 322 g/mol. The number of nitrogens with zero attached hydrogens (tertiary/aromatic N) is 3. The van der Waals surface area contributed by atoms with Gasteiger partial charge in [-0.25, -0.2) is 4.98 Å². The van der Waals surface area contributed by atoms with Crippen LogP contribution in [0.3, 0.4) is 0 Å². The first-order valence-electron chi connectivity index (χ1n) is 8.64. The number of aromatic nitrogens is 2. The van der Waals surface area contributed by atoms with Crippen LogP contribution in [0.1, 0.15) is 23.2 Å². The zero-order valence-corrected chi connectivity index (χ0v) is 14.7. The quantitative estimate of drug-likeness (QED) is 0.620. The number of hydrogen-bond acceptors (Lipinski definition) is 5. The summed E-state index contributed by atoms with van der Waals surface area (Å²) < 4.78 is 0. The van der Waals surface area contributed by atoms with E-state index in [1.54, 1.807) is 6.07 Å². The van der Waals surface area contributed by atoms with Crippen molar-refractivity contribution in [2.75, 3.05) is 17.2 Å². The Kier molecular flexibility index (Phi) is 5.79. The van der Waals surface area contributed by atoms with Crippen molar-refractivity contribution in [1.82, 2.24) is 9.97 Å². The van der Waals surface area contributed by atoms with E-state index in [1.807, 2.05) is 37.3 Å². The highest BCUT2D eigenvalue weighted by Gasteiger charge is 2.05. The van der Waals surface area contributed by atoms with Crippen LogP contribution in [-0.4, -0.2) is 16.5 Å². The van der Waals surface area contributed by atoms with Gasteiger partial charge in [0.25, 0.3) is 0 Å². The fraction of sp³-hybridized carbons (Fsp3) is 0.190. The van der Waals surface area contributed by atoms with E-state index in [4.69, 9.17) is 0 Å². The van der Waals surface area contributed by atoms with Crippen molar-refractivity contribution in [3.8, 4) is 6.07 Å². The molecule has 3 rings (SSSR count). The molecule has 0 unspecified atom stereocenters. The van der Waals surface area contributed by atoms with E-state index < -0.39 is 0 Å². The second-order valence-corrected chi connectivity index (χ2v) is 6.02. The maximum absolute atomic E-state index is 9.21. The number of anilines is 3. The van der Waals surface area contributed by atoms with Crippen LogP contribution in [0.25, 0.3) is 0 Å². The zero-order valence-electron chi connectivity index (χ0n) is 14.7. The lowest BCUT2D eigenvalue weighted by Gasteiger charge is -2.11. The number of hydrogen-bond donors (Lipinski definition) is 2. The van der Waals surface area contributed by atoms with Crippen molar-refractivity contribution in [3.63, 3.8) is 0 Å². The number of para-hydroxylation sites is 1. The fourth-order valence-corrected chi connectivity index (χ4v) is 2.68. The number of nitrogens with one attached hydrogen (secondary N) is 2. The van der Waals surface area contributed by atoms with E-state index in [0.717, 1.165) is 30.8 Å². The summed E-state index contributed by atoms with van der Waals surface area (Å²) in [5.74, 6) is 1.26. The van der Waals surface area contributed by atoms with Gasteiger partial charge in [0.05, 0.1) is 11.3 Å². The molecule has 0 saturated carbocycles. The predicted octanol–water partition coefficient (Wildman–Crippen LogP) is 4.45. The lowest BCUT2D eigenvalue weighted by Crippen LogP contribution is -2.08. The molecule has 5 nitrogen and oxygen atoms in total. The van der Waals surface area contributed by atoms with Crippen LogP contribution in [0.5, 0.6) is 0 Å². The first kappa shape index (κ1) is 17.4. The molecule has 3 aromatic rings. The van der Waals surface area contributed by atoms with Crippen LogP contribution in [0.15, 0.2) is 60.7 Å². The average Bonchev–Trinajstić information content (AvgIpc) is 2.66. The molecule has 26 heavy (non-hydrogen) atoms. The molecule has 1 heterocycles. The molecule has 0 aliphatic rings. The SMILES string of the molecule is Cc1cc(Nc2ccccc2C#N)nc(NCCCc2ccccc2)n1. The van der Waals surface area contributed by atoms with Crippen LogP contribution < -0.4 is 10.6 Å². The molecule has 0 bridgehead atoms. The maximum atomic E-state index is 9.21. The van der Waals surface area contributed by atoms with E-state index in [-0.39, 0.29) is 0 Å². The summed E-state index contributed by atoms with van der Waals surface area (Å²) in [6, 6.07) is 21.8.